The quantitative estimate of drug-likeness (QED) is 0.610. The van der Waals surface area contributed by atoms with Crippen LogP contribution >= 0.6 is 0 Å². The fraction of sp³-hybridized carbons (Fsp3) is 0.167. The van der Waals surface area contributed by atoms with Crippen LogP contribution in [0, 0.1) is 0 Å². The van der Waals surface area contributed by atoms with Crippen LogP contribution in [0.2, 0.25) is 0 Å². The molecule has 1 aliphatic rings. The summed E-state index contributed by atoms with van der Waals surface area (Å²) in [6.45, 7) is 1.10. The van der Waals surface area contributed by atoms with Crippen molar-refractivity contribution in [1.82, 2.24) is 30.0 Å². The first-order chi connectivity index (χ1) is 12.8. The van der Waals surface area contributed by atoms with E-state index in [4.69, 9.17) is 4.52 Å². The van der Waals surface area contributed by atoms with E-state index in [1.807, 2.05) is 30.3 Å². The summed E-state index contributed by atoms with van der Waals surface area (Å²) >= 11 is 0. The van der Waals surface area contributed by atoms with Gasteiger partial charge in [0.1, 0.15) is 11.4 Å². The number of carbonyl (C=O) groups is 1. The van der Waals surface area contributed by atoms with E-state index in [0.717, 1.165) is 10.9 Å². The van der Waals surface area contributed by atoms with Gasteiger partial charge in [-0.3, -0.25) is 9.78 Å². The largest absolute Gasteiger partial charge is 0.351 e. The van der Waals surface area contributed by atoms with Gasteiger partial charge in [0.15, 0.2) is 0 Å². The minimum Gasteiger partial charge on any atom is -0.351 e. The van der Waals surface area contributed by atoms with Gasteiger partial charge in [0.05, 0.1) is 12.1 Å². The summed E-state index contributed by atoms with van der Waals surface area (Å²) in [6.07, 6.45) is 4.75. The summed E-state index contributed by atoms with van der Waals surface area (Å²) in [5, 5.41) is 4.97. The molecule has 1 N–H and O–H groups in total. The maximum Gasteiger partial charge on any atom is 0.270 e. The standard InChI is InChI=1S/C18H14N6O2/c25-18(14-7-11-3-1-2-4-13(11)21-14)24-9-12(10-24)17-22-16(23-26-17)15-8-19-5-6-20-15/h1-8,12,21H,9-10H2. The molecule has 4 aromatic rings. The summed E-state index contributed by atoms with van der Waals surface area (Å²) in [5.74, 6) is 0.951. The summed E-state index contributed by atoms with van der Waals surface area (Å²) in [5.41, 5.74) is 2.11. The first-order valence-electron chi connectivity index (χ1n) is 8.25. The van der Waals surface area contributed by atoms with Gasteiger partial charge in [-0.05, 0) is 12.1 Å². The third-order valence-corrected chi connectivity index (χ3v) is 4.51. The minimum absolute atomic E-state index is 0.0221. The van der Waals surface area contributed by atoms with E-state index in [1.165, 1.54) is 0 Å². The molecule has 1 saturated heterocycles. The van der Waals surface area contributed by atoms with Crippen LogP contribution in [-0.2, 0) is 0 Å². The van der Waals surface area contributed by atoms with E-state index in [1.54, 1.807) is 23.5 Å². The highest BCUT2D eigenvalue weighted by Crippen LogP contribution is 2.28. The number of rotatable bonds is 3. The molecule has 5 rings (SSSR count). The molecule has 0 aliphatic carbocycles. The second kappa shape index (κ2) is 5.76. The topological polar surface area (TPSA) is 101 Å². The number of nitrogens with one attached hydrogen (secondary N) is 1. The molecule has 0 spiro atoms. The fourth-order valence-corrected chi connectivity index (χ4v) is 3.08. The number of aromatic nitrogens is 5. The SMILES string of the molecule is O=C(c1cc2ccccc2[nH]1)N1CC(c2nc(-c3cnccn3)no2)C1. The molecule has 1 aliphatic heterocycles. The van der Waals surface area contributed by atoms with E-state index >= 15 is 0 Å². The lowest BCUT2D eigenvalue weighted by Gasteiger charge is -2.36. The van der Waals surface area contributed by atoms with Crippen molar-refractivity contribution >= 4 is 16.8 Å². The van der Waals surface area contributed by atoms with Crippen molar-refractivity contribution in [3.63, 3.8) is 0 Å². The van der Waals surface area contributed by atoms with Crippen LogP contribution in [0.25, 0.3) is 22.4 Å². The maximum atomic E-state index is 12.6. The van der Waals surface area contributed by atoms with E-state index in [-0.39, 0.29) is 11.8 Å². The Kier molecular flexibility index (Phi) is 3.27. The van der Waals surface area contributed by atoms with Gasteiger partial charge in [0, 0.05) is 36.4 Å². The molecule has 1 amide bonds. The molecule has 4 heterocycles. The highest BCUT2D eigenvalue weighted by molar-refractivity contribution is 5.98. The highest BCUT2D eigenvalue weighted by Gasteiger charge is 2.36. The van der Waals surface area contributed by atoms with E-state index in [0.29, 0.717) is 36.2 Å². The minimum atomic E-state index is -0.0221. The first kappa shape index (κ1) is 14.8. The van der Waals surface area contributed by atoms with Crippen molar-refractivity contribution in [2.75, 3.05) is 13.1 Å². The van der Waals surface area contributed by atoms with Gasteiger partial charge in [-0.15, -0.1) is 0 Å². The van der Waals surface area contributed by atoms with Crippen LogP contribution < -0.4 is 0 Å². The number of aromatic amines is 1. The van der Waals surface area contributed by atoms with Gasteiger partial charge in [-0.1, -0.05) is 23.4 Å². The normalized spacial score (nSPS) is 14.5. The first-order valence-corrected chi connectivity index (χ1v) is 8.25. The number of H-pyrrole nitrogens is 1. The third-order valence-electron chi connectivity index (χ3n) is 4.51. The molecular formula is C18H14N6O2. The Labute approximate surface area is 147 Å². The van der Waals surface area contributed by atoms with E-state index in [9.17, 15) is 4.79 Å². The molecule has 3 aromatic heterocycles. The second-order valence-electron chi connectivity index (χ2n) is 6.22. The number of hydrogen-bond acceptors (Lipinski definition) is 6. The van der Waals surface area contributed by atoms with Crippen molar-refractivity contribution in [2.45, 2.75) is 5.92 Å². The average molecular weight is 346 g/mol. The average Bonchev–Trinajstić information content (AvgIpc) is 3.28. The molecule has 0 unspecified atom stereocenters. The number of nitrogens with zero attached hydrogens (tertiary/aromatic N) is 5. The smallest absolute Gasteiger partial charge is 0.270 e. The predicted molar refractivity (Wildman–Crippen MR) is 92.3 cm³/mol. The van der Waals surface area contributed by atoms with Gasteiger partial charge in [0.2, 0.25) is 11.7 Å². The van der Waals surface area contributed by atoms with Crippen LogP contribution in [0.1, 0.15) is 22.3 Å². The molecular weight excluding hydrogens is 332 g/mol. The number of hydrogen-bond donors (Lipinski definition) is 1. The zero-order chi connectivity index (χ0) is 17.5. The zero-order valence-corrected chi connectivity index (χ0v) is 13.7. The lowest BCUT2D eigenvalue weighted by Crippen LogP contribution is -2.48. The fourth-order valence-electron chi connectivity index (χ4n) is 3.08. The van der Waals surface area contributed by atoms with Crippen molar-refractivity contribution in [3.8, 4) is 11.5 Å². The Bertz CT molecular complexity index is 1050. The third kappa shape index (κ3) is 2.43. The summed E-state index contributed by atoms with van der Waals surface area (Å²) in [7, 11) is 0. The molecule has 0 saturated carbocycles. The Morgan fingerprint density at radius 3 is 2.92 bits per heavy atom. The summed E-state index contributed by atoms with van der Waals surface area (Å²) < 4.78 is 5.33. The Morgan fingerprint density at radius 1 is 1.23 bits per heavy atom. The molecule has 0 radical (unpaired) electrons. The molecule has 1 aromatic carbocycles. The van der Waals surface area contributed by atoms with Crippen molar-refractivity contribution in [2.24, 2.45) is 0 Å². The van der Waals surface area contributed by atoms with Gasteiger partial charge in [-0.2, -0.15) is 4.98 Å². The number of benzene rings is 1. The van der Waals surface area contributed by atoms with E-state index < -0.39 is 0 Å². The lowest BCUT2D eigenvalue weighted by molar-refractivity contribution is 0.0564. The molecule has 8 nitrogen and oxygen atoms in total. The molecule has 1 fully saturated rings. The van der Waals surface area contributed by atoms with Gasteiger partial charge >= 0.3 is 0 Å². The Hall–Kier alpha value is -3.55. The molecule has 128 valence electrons. The zero-order valence-electron chi connectivity index (χ0n) is 13.7. The van der Waals surface area contributed by atoms with Crippen LogP contribution in [-0.4, -0.2) is 49.0 Å². The number of likely N-dealkylation sites (tertiary alicyclic amines) is 1. The van der Waals surface area contributed by atoms with Crippen molar-refractivity contribution < 1.29 is 9.32 Å². The lowest BCUT2D eigenvalue weighted by atomic mass is 9.99. The van der Waals surface area contributed by atoms with Crippen molar-refractivity contribution in [3.05, 3.63) is 60.5 Å². The van der Waals surface area contributed by atoms with Crippen LogP contribution in [0.5, 0.6) is 0 Å². The van der Waals surface area contributed by atoms with Gasteiger partial charge < -0.3 is 14.4 Å². The number of carbonyl (C=O) groups excluding carboxylic acids is 1. The monoisotopic (exact) mass is 346 g/mol. The van der Waals surface area contributed by atoms with Gasteiger partial charge in [0.25, 0.3) is 5.91 Å². The number of amides is 1. The summed E-state index contributed by atoms with van der Waals surface area (Å²) in [6, 6.07) is 9.71. The molecule has 0 atom stereocenters. The maximum absolute atomic E-state index is 12.6. The van der Waals surface area contributed by atoms with Gasteiger partial charge in [-0.25, -0.2) is 4.98 Å². The van der Waals surface area contributed by atoms with Crippen molar-refractivity contribution in [1.29, 1.82) is 0 Å². The molecule has 8 heteroatoms. The molecule has 26 heavy (non-hydrogen) atoms. The Balaban J connectivity index is 1.28. The van der Waals surface area contributed by atoms with E-state index in [2.05, 4.69) is 25.1 Å². The molecule has 0 bridgehead atoms. The number of fused-ring (bicyclic) bond motifs is 1. The van der Waals surface area contributed by atoms with Crippen LogP contribution in [0.3, 0.4) is 0 Å². The predicted octanol–water partition coefficient (Wildman–Crippen LogP) is 2.25. The number of para-hydroxylation sites is 1. The van der Waals surface area contributed by atoms with Crippen LogP contribution in [0.15, 0.2) is 53.4 Å². The Morgan fingerprint density at radius 2 is 2.12 bits per heavy atom. The highest BCUT2D eigenvalue weighted by atomic mass is 16.5. The summed E-state index contributed by atoms with van der Waals surface area (Å²) in [4.78, 5) is 30.1. The van der Waals surface area contributed by atoms with Crippen LogP contribution in [0.4, 0.5) is 0 Å². The second-order valence-corrected chi connectivity index (χ2v) is 6.22.